The highest BCUT2D eigenvalue weighted by molar-refractivity contribution is 7.61. The normalized spacial score (nSPS) is 11.8. The maximum Gasteiger partial charge on any atom is 0.329 e. The zero-order valence-corrected chi connectivity index (χ0v) is 9.22. The lowest BCUT2D eigenvalue weighted by molar-refractivity contribution is -0.138. The quantitative estimate of drug-likeness (QED) is 0.837. The molecule has 0 saturated heterocycles. The van der Waals surface area contributed by atoms with Crippen LogP contribution in [0.2, 0.25) is 0 Å². The van der Waals surface area contributed by atoms with Crippen LogP contribution in [0.15, 0.2) is 34.7 Å². The predicted molar refractivity (Wildman–Crippen MR) is 57.5 cm³/mol. The van der Waals surface area contributed by atoms with Gasteiger partial charge in [0.15, 0.2) is 6.04 Å². The molecule has 1 aromatic carbocycles. The molecule has 0 fully saturated rings. The summed E-state index contributed by atoms with van der Waals surface area (Å²) in [5, 5.41) is 8.73. The highest BCUT2D eigenvalue weighted by atomic mass is 32.2. The highest BCUT2D eigenvalue weighted by Gasteiger charge is 2.16. The first-order chi connectivity index (χ1) is 7.59. The number of aryl methyl sites for hydroxylation is 1. The van der Waals surface area contributed by atoms with E-state index in [4.69, 9.17) is 5.11 Å². The van der Waals surface area contributed by atoms with E-state index in [2.05, 4.69) is 4.36 Å². The summed E-state index contributed by atoms with van der Waals surface area (Å²) in [6.45, 7) is 0. The Kier molecular flexibility index (Phi) is 4.65. The largest absolute Gasteiger partial charge is 0.480 e. The van der Waals surface area contributed by atoms with Crippen LogP contribution in [0.5, 0.6) is 0 Å². The van der Waals surface area contributed by atoms with E-state index < -0.39 is 22.5 Å². The first-order valence-corrected chi connectivity index (χ1v) is 5.69. The lowest BCUT2D eigenvalue weighted by Crippen LogP contribution is -2.18. The van der Waals surface area contributed by atoms with Gasteiger partial charge in [0, 0.05) is 0 Å². The summed E-state index contributed by atoms with van der Waals surface area (Å²) in [6.07, 6.45) is 0.659. The van der Waals surface area contributed by atoms with Crippen molar-refractivity contribution in [1.29, 1.82) is 0 Å². The van der Waals surface area contributed by atoms with Crippen molar-refractivity contribution in [3.8, 4) is 0 Å². The third-order valence-electron chi connectivity index (χ3n) is 2.05. The molecule has 0 amide bonds. The molecule has 86 valence electrons. The fourth-order valence-corrected chi connectivity index (χ4v) is 1.68. The molecule has 5 nitrogen and oxygen atoms in total. The first-order valence-electron chi connectivity index (χ1n) is 4.66. The molecule has 16 heavy (non-hydrogen) atoms. The van der Waals surface area contributed by atoms with E-state index in [1.807, 2.05) is 30.3 Å². The lowest BCUT2D eigenvalue weighted by Gasteiger charge is -2.04. The van der Waals surface area contributed by atoms with Crippen LogP contribution in [-0.2, 0) is 21.7 Å². The molecule has 1 rings (SSSR count). The average molecular weight is 241 g/mol. The van der Waals surface area contributed by atoms with Crippen molar-refractivity contribution in [2.45, 2.75) is 18.9 Å². The molecule has 0 aromatic heterocycles. The van der Waals surface area contributed by atoms with Gasteiger partial charge < -0.3 is 5.11 Å². The number of hydrogen-bond donors (Lipinski definition) is 1. The van der Waals surface area contributed by atoms with Crippen molar-refractivity contribution < 1.29 is 18.3 Å². The predicted octanol–water partition coefficient (Wildman–Crippen LogP) is 1.14. The summed E-state index contributed by atoms with van der Waals surface area (Å²) in [5.74, 6) is -1.22. The van der Waals surface area contributed by atoms with Gasteiger partial charge in [0.2, 0.25) is 0 Å². The highest BCUT2D eigenvalue weighted by Crippen LogP contribution is 2.07. The maximum atomic E-state index is 10.7. The van der Waals surface area contributed by atoms with Crippen molar-refractivity contribution in [2.75, 3.05) is 0 Å². The third-order valence-corrected chi connectivity index (χ3v) is 2.47. The summed E-state index contributed by atoms with van der Waals surface area (Å²) in [6, 6.07) is 8.05. The van der Waals surface area contributed by atoms with Gasteiger partial charge in [-0.05, 0) is 18.4 Å². The zero-order valence-electron chi connectivity index (χ0n) is 8.41. The molecule has 0 heterocycles. The van der Waals surface area contributed by atoms with Gasteiger partial charge >= 0.3 is 16.5 Å². The number of carbonyl (C=O) groups is 1. The minimum atomic E-state index is -2.68. The van der Waals surface area contributed by atoms with Crippen LogP contribution in [0.1, 0.15) is 12.0 Å². The number of carboxylic acids is 1. The number of aliphatic carboxylic acids is 1. The molecular weight excluding hydrogens is 230 g/mol. The number of benzene rings is 1. The van der Waals surface area contributed by atoms with Gasteiger partial charge in [-0.1, -0.05) is 30.3 Å². The summed E-state index contributed by atoms with van der Waals surface area (Å²) in [5.41, 5.74) is 0.959. The molecule has 0 aliphatic carbocycles. The van der Waals surface area contributed by atoms with Gasteiger partial charge in [0.05, 0.1) is 0 Å². The van der Waals surface area contributed by atoms with Crippen molar-refractivity contribution >= 4 is 16.5 Å². The summed E-state index contributed by atoms with van der Waals surface area (Å²) < 4.78 is 23.7. The van der Waals surface area contributed by atoms with Gasteiger partial charge in [-0.25, -0.2) is 4.79 Å². The maximum absolute atomic E-state index is 10.7. The summed E-state index contributed by atoms with van der Waals surface area (Å²) >= 11 is 0. The Morgan fingerprint density at radius 2 is 1.94 bits per heavy atom. The monoisotopic (exact) mass is 241 g/mol. The Bertz CT molecular complexity index is 473. The van der Waals surface area contributed by atoms with Crippen LogP contribution < -0.4 is 0 Å². The van der Waals surface area contributed by atoms with Crippen LogP contribution in [0.4, 0.5) is 0 Å². The second-order valence-electron chi connectivity index (χ2n) is 3.20. The molecule has 6 heteroatoms. The van der Waals surface area contributed by atoms with E-state index in [1.54, 1.807) is 0 Å². The zero-order chi connectivity index (χ0) is 12.0. The van der Waals surface area contributed by atoms with E-state index in [1.165, 1.54) is 0 Å². The van der Waals surface area contributed by atoms with E-state index in [9.17, 15) is 13.2 Å². The molecule has 0 aliphatic heterocycles. The van der Waals surface area contributed by atoms with Crippen LogP contribution in [0.3, 0.4) is 0 Å². The molecule has 0 bridgehead atoms. The topological polar surface area (TPSA) is 83.8 Å². The Balaban J connectivity index is 2.65. The summed E-state index contributed by atoms with van der Waals surface area (Å²) in [7, 11) is -2.68. The minimum Gasteiger partial charge on any atom is -0.480 e. The Hall–Kier alpha value is -1.69. The first kappa shape index (κ1) is 12.4. The van der Waals surface area contributed by atoms with E-state index in [-0.39, 0.29) is 6.42 Å². The van der Waals surface area contributed by atoms with Crippen molar-refractivity contribution in [3.63, 3.8) is 0 Å². The Labute approximate surface area is 94.4 Å². The molecule has 0 radical (unpaired) electrons. The van der Waals surface area contributed by atoms with Gasteiger partial charge in [-0.15, -0.1) is 0 Å². The van der Waals surface area contributed by atoms with Crippen molar-refractivity contribution in [3.05, 3.63) is 35.9 Å². The molecule has 0 saturated carbocycles. The molecule has 0 spiro atoms. The molecule has 1 atom stereocenters. The fraction of sp³-hybridized carbons (Fsp3) is 0.300. The molecule has 0 unspecified atom stereocenters. The second kappa shape index (κ2) is 6.02. The number of hydrogen-bond acceptors (Lipinski definition) is 4. The van der Waals surface area contributed by atoms with Crippen molar-refractivity contribution in [2.24, 2.45) is 4.36 Å². The standard InChI is InChI=1S/C10H11NO4S/c12-10(13)9(11-16(14)15)7-6-8-4-2-1-3-5-8/h1-5,9H,6-7H2,(H,12,13)/t9-/m0/s1. The van der Waals surface area contributed by atoms with Crippen LogP contribution in [0.25, 0.3) is 0 Å². The Morgan fingerprint density at radius 3 is 2.44 bits per heavy atom. The van der Waals surface area contributed by atoms with Gasteiger partial charge in [0.1, 0.15) is 0 Å². The van der Waals surface area contributed by atoms with Gasteiger partial charge in [0.25, 0.3) is 0 Å². The van der Waals surface area contributed by atoms with Crippen LogP contribution in [-0.4, -0.2) is 25.5 Å². The van der Waals surface area contributed by atoms with Crippen LogP contribution >= 0.6 is 0 Å². The number of rotatable bonds is 5. The molecule has 0 aliphatic rings. The third kappa shape index (κ3) is 4.22. The SMILES string of the molecule is O=C(O)[C@H](CCc1ccccc1)N=S(=O)=O. The Morgan fingerprint density at radius 1 is 1.31 bits per heavy atom. The van der Waals surface area contributed by atoms with E-state index in [0.29, 0.717) is 6.42 Å². The van der Waals surface area contributed by atoms with Gasteiger partial charge in [-0.2, -0.15) is 12.8 Å². The fourth-order valence-electron chi connectivity index (χ4n) is 1.27. The molecular formula is C10H11NO4S. The average Bonchev–Trinajstić information content (AvgIpc) is 2.25. The lowest BCUT2D eigenvalue weighted by atomic mass is 10.1. The minimum absolute atomic E-state index is 0.174. The number of nitrogens with zero attached hydrogens (tertiary/aromatic N) is 1. The smallest absolute Gasteiger partial charge is 0.329 e. The van der Waals surface area contributed by atoms with Gasteiger partial charge in [-0.3, -0.25) is 0 Å². The molecule has 1 aromatic rings. The number of carboxylic acid groups (broad SMARTS) is 1. The van der Waals surface area contributed by atoms with Crippen LogP contribution in [0, 0.1) is 0 Å². The molecule has 1 N–H and O–H groups in total. The summed E-state index contributed by atoms with van der Waals surface area (Å²) in [4.78, 5) is 10.7. The van der Waals surface area contributed by atoms with E-state index >= 15 is 0 Å². The van der Waals surface area contributed by atoms with E-state index in [0.717, 1.165) is 5.56 Å². The van der Waals surface area contributed by atoms with Crippen molar-refractivity contribution in [1.82, 2.24) is 0 Å². The second-order valence-corrected chi connectivity index (χ2v) is 3.85.